The van der Waals surface area contributed by atoms with Gasteiger partial charge in [0.15, 0.2) is 23.2 Å². The molecule has 0 fully saturated rings. The first kappa shape index (κ1) is 30.3. The number of carbonyl (C=O) groups is 5. The van der Waals surface area contributed by atoms with E-state index in [-0.39, 0.29) is 11.8 Å². The molecule has 2 atom stereocenters. The number of carboxylic acids is 1. The van der Waals surface area contributed by atoms with Crippen LogP contribution >= 0.6 is 0 Å². The summed E-state index contributed by atoms with van der Waals surface area (Å²) in [4.78, 5) is 64.1. The Hall–Kier alpha value is -5.21. The highest BCUT2D eigenvalue weighted by Crippen LogP contribution is 2.27. The lowest BCUT2D eigenvalue weighted by Crippen LogP contribution is -2.53. The summed E-state index contributed by atoms with van der Waals surface area (Å²) in [5.74, 6) is -15.3. The molecule has 0 aliphatic carbocycles. The van der Waals surface area contributed by atoms with Crippen LogP contribution in [0.3, 0.4) is 0 Å². The minimum absolute atomic E-state index is 0.0800. The van der Waals surface area contributed by atoms with Crippen LogP contribution in [-0.2, 0) is 24.0 Å². The molecule has 0 saturated carbocycles. The highest BCUT2D eigenvalue weighted by Gasteiger charge is 2.29. The zero-order valence-electron chi connectivity index (χ0n) is 21.1. The van der Waals surface area contributed by atoms with Gasteiger partial charge in [-0.1, -0.05) is 18.2 Å². The molecule has 11 nitrogen and oxygen atoms in total. The number of hydrogen-bond donors (Lipinski definition) is 5. The standard InChI is InChI=1S/C26H22F4N4O7/c1-12(32-25(39)26(40)33-17-6-3-2-5-13(17)16-7-4-8-31-16)24(38)34-18(10-20(36)37)19(35)11-41-23-21(29)14(27)9-15(28)22(23)30/h2-9,12,18,31H,10-11H2,1H3,(H,32,39)(H,33,40)(H,34,38)(H,36,37)/t12-,18-/m0/s1. The smallest absolute Gasteiger partial charge is 0.313 e. The number of aromatic amines is 1. The molecule has 0 saturated heterocycles. The Morgan fingerprint density at radius 3 is 2.20 bits per heavy atom. The van der Waals surface area contributed by atoms with Gasteiger partial charge in [0, 0.05) is 23.5 Å². The lowest BCUT2D eigenvalue weighted by molar-refractivity contribution is -0.141. The number of hydrogen-bond acceptors (Lipinski definition) is 6. The van der Waals surface area contributed by atoms with Crippen molar-refractivity contribution in [3.05, 3.63) is 71.9 Å². The normalized spacial score (nSPS) is 12.1. The Morgan fingerprint density at radius 2 is 1.59 bits per heavy atom. The van der Waals surface area contributed by atoms with Crippen molar-refractivity contribution < 1.29 is 51.4 Å². The minimum Gasteiger partial charge on any atom is -0.481 e. The summed E-state index contributed by atoms with van der Waals surface area (Å²) in [5, 5.41) is 15.6. The number of ether oxygens (including phenoxy) is 1. The van der Waals surface area contributed by atoms with Crippen molar-refractivity contribution in [2.45, 2.75) is 25.4 Å². The third-order valence-corrected chi connectivity index (χ3v) is 5.52. The predicted molar refractivity (Wildman–Crippen MR) is 133 cm³/mol. The second kappa shape index (κ2) is 13.2. The monoisotopic (exact) mass is 578 g/mol. The molecular formula is C26H22F4N4O7. The van der Waals surface area contributed by atoms with Crippen LogP contribution in [0.5, 0.6) is 5.75 Å². The third-order valence-electron chi connectivity index (χ3n) is 5.52. The number of aromatic nitrogens is 1. The highest BCUT2D eigenvalue weighted by molar-refractivity contribution is 6.40. The van der Waals surface area contributed by atoms with Gasteiger partial charge >= 0.3 is 17.8 Å². The maximum Gasteiger partial charge on any atom is 0.313 e. The molecule has 0 aliphatic rings. The van der Waals surface area contributed by atoms with E-state index < -0.39 is 83.6 Å². The van der Waals surface area contributed by atoms with E-state index in [0.29, 0.717) is 11.3 Å². The fourth-order valence-electron chi connectivity index (χ4n) is 3.47. The SMILES string of the molecule is C[C@H](NC(=O)C(=O)Nc1ccccc1-c1ccc[nH]1)C(=O)N[C@@H](CC(=O)O)C(=O)COc1c(F)c(F)cc(F)c1F. The molecule has 3 aromatic rings. The zero-order chi connectivity index (χ0) is 30.3. The molecule has 2 aromatic carbocycles. The topological polar surface area (TPSA) is 167 Å². The van der Waals surface area contributed by atoms with Gasteiger partial charge in [-0.2, -0.15) is 8.78 Å². The van der Waals surface area contributed by atoms with E-state index in [2.05, 4.69) is 20.4 Å². The molecule has 216 valence electrons. The average Bonchev–Trinajstić information content (AvgIpc) is 3.46. The van der Waals surface area contributed by atoms with Gasteiger partial charge in [-0.3, -0.25) is 24.0 Å². The van der Waals surface area contributed by atoms with Gasteiger partial charge in [-0.25, -0.2) is 8.78 Å². The summed E-state index contributed by atoms with van der Waals surface area (Å²) in [5.41, 5.74) is 1.51. The van der Waals surface area contributed by atoms with Gasteiger partial charge < -0.3 is 30.8 Å². The first-order valence-corrected chi connectivity index (χ1v) is 11.7. The Balaban J connectivity index is 1.62. The van der Waals surface area contributed by atoms with Crippen LogP contribution in [0.4, 0.5) is 23.2 Å². The summed E-state index contributed by atoms with van der Waals surface area (Å²) in [6, 6.07) is 6.63. The molecule has 1 heterocycles. The fourth-order valence-corrected chi connectivity index (χ4v) is 3.47. The van der Waals surface area contributed by atoms with Crippen LogP contribution in [0.25, 0.3) is 11.3 Å². The molecule has 1 aromatic heterocycles. The Labute approximate surface area is 228 Å². The molecule has 3 rings (SSSR count). The first-order valence-electron chi connectivity index (χ1n) is 11.7. The van der Waals surface area contributed by atoms with Gasteiger partial charge in [0.05, 0.1) is 12.1 Å². The molecule has 3 amide bonds. The number of rotatable bonds is 11. The minimum atomic E-state index is -1.93. The van der Waals surface area contributed by atoms with Crippen LogP contribution in [0.15, 0.2) is 48.7 Å². The molecular weight excluding hydrogens is 556 g/mol. The lowest BCUT2D eigenvalue weighted by atomic mass is 10.1. The second-order valence-electron chi connectivity index (χ2n) is 8.49. The van der Waals surface area contributed by atoms with Crippen molar-refractivity contribution >= 4 is 35.2 Å². The molecule has 0 unspecified atom stereocenters. The van der Waals surface area contributed by atoms with Crippen molar-refractivity contribution in [2.24, 2.45) is 0 Å². The van der Waals surface area contributed by atoms with Crippen LogP contribution in [0, 0.1) is 23.3 Å². The third kappa shape index (κ3) is 7.68. The Bertz CT molecular complexity index is 1450. The summed E-state index contributed by atoms with van der Waals surface area (Å²) < 4.78 is 58.8. The van der Waals surface area contributed by atoms with Gasteiger partial charge in [0.1, 0.15) is 18.7 Å². The summed E-state index contributed by atoms with van der Waals surface area (Å²) in [6.07, 6.45) is 0.639. The van der Waals surface area contributed by atoms with Gasteiger partial charge in [-0.15, -0.1) is 0 Å². The van der Waals surface area contributed by atoms with Crippen molar-refractivity contribution in [1.82, 2.24) is 15.6 Å². The number of H-pyrrole nitrogens is 1. The molecule has 0 aliphatic heterocycles. The van der Waals surface area contributed by atoms with Crippen LogP contribution in [0.2, 0.25) is 0 Å². The predicted octanol–water partition coefficient (Wildman–Crippen LogP) is 2.29. The number of halogens is 4. The second-order valence-corrected chi connectivity index (χ2v) is 8.49. The maximum atomic E-state index is 13.8. The molecule has 0 radical (unpaired) electrons. The largest absolute Gasteiger partial charge is 0.481 e. The van der Waals surface area contributed by atoms with E-state index in [9.17, 15) is 41.5 Å². The number of carboxylic acid groups (broad SMARTS) is 1. The summed E-state index contributed by atoms with van der Waals surface area (Å²) in [6.45, 7) is -0.148. The van der Waals surface area contributed by atoms with Gasteiger partial charge in [0.25, 0.3) is 0 Å². The zero-order valence-corrected chi connectivity index (χ0v) is 21.1. The Morgan fingerprint density at radius 1 is 0.927 bits per heavy atom. The molecule has 0 spiro atoms. The van der Waals surface area contributed by atoms with E-state index in [1.165, 1.54) is 6.07 Å². The number of Topliss-reactive ketones (excluding diaryl/α,β-unsaturated/α-hetero) is 1. The number of carbonyl (C=O) groups excluding carboxylic acids is 4. The van der Waals surface area contributed by atoms with E-state index in [4.69, 9.17) is 5.11 Å². The molecule has 15 heteroatoms. The quantitative estimate of drug-likeness (QED) is 0.132. The molecule has 5 N–H and O–H groups in total. The van der Waals surface area contributed by atoms with E-state index in [0.717, 1.165) is 6.92 Å². The number of aliphatic carboxylic acids is 1. The van der Waals surface area contributed by atoms with Crippen molar-refractivity contribution in [2.75, 3.05) is 11.9 Å². The van der Waals surface area contributed by atoms with Crippen LogP contribution in [0.1, 0.15) is 13.3 Å². The molecule has 41 heavy (non-hydrogen) atoms. The van der Waals surface area contributed by atoms with Gasteiger partial charge in [-0.05, 0) is 25.1 Å². The first-order chi connectivity index (χ1) is 19.4. The maximum absolute atomic E-state index is 13.8. The number of nitrogens with one attached hydrogen (secondary N) is 4. The number of ketones is 1. The van der Waals surface area contributed by atoms with Crippen LogP contribution in [-0.4, -0.2) is 58.3 Å². The summed E-state index contributed by atoms with van der Waals surface area (Å²) >= 11 is 0. The van der Waals surface area contributed by atoms with E-state index in [1.54, 1.807) is 36.5 Å². The number of amides is 3. The fraction of sp³-hybridized carbons (Fsp3) is 0.192. The molecule has 0 bridgehead atoms. The van der Waals surface area contributed by atoms with Crippen molar-refractivity contribution in [3.63, 3.8) is 0 Å². The number of anilines is 1. The number of para-hydroxylation sites is 1. The van der Waals surface area contributed by atoms with E-state index >= 15 is 0 Å². The summed E-state index contributed by atoms with van der Waals surface area (Å²) in [7, 11) is 0. The van der Waals surface area contributed by atoms with Crippen molar-refractivity contribution in [3.8, 4) is 17.0 Å². The van der Waals surface area contributed by atoms with Crippen LogP contribution < -0.4 is 20.7 Å². The van der Waals surface area contributed by atoms with E-state index in [1.807, 2.05) is 5.32 Å². The lowest BCUT2D eigenvalue weighted by Gasteiger charge is -2.20. The van der Waals surface area contributed by atoms with Crippen molar-refractivity contribution in [1.29, 1.82) is 0 Å². The average molecular weight is 578 g/mol. The highest BCUT2D eigenvalue weighted by atomic mass is 19.2. The Kier molecular flexibility index (Phi) is 9.79. The van der Waals surface area contributed by atoms with Gasteiger partial charge in [0.2, 0.25) is 17.5 Å². The number of benzene rings is 2.